The van der Waals surface area contributed by atoms with Gasteiger partial charge >= 0.3 is 0 Å². The SMILES string of the molecule is Cc1cc(OCC2(CC(=O)N(C)Cc3ccccc3)CN(C(=O)c3cnc[nH]3)CCO2)ccc1Cl. The third-order valence-electron chi connectivity index (χ3n) is 6.06. The Labute approximate surface area is 209 Å². The molecule has 2 amide bonds. The second kappa shape index (κ2) is 10.9. The van der Waals surface area contributed by atoms with Gasteiger partial charge in [-0.3, -0.25) is 9.59 Å². The maximum absolute atomic E-state index is 13.3. The standard InChI is InChI=1S/C26H29ClN4O4/c1-19-12-21(8-9-22(19)27)34-17-26(13-24(32)30(2)15-20-6-4-3-5-7-20)16-31(10-11-35-26)25(33)23-14-28-18-29-23/h3-9,12,14,18H,10-11,13,15-17H2,1-2H3,(H,28,29). The lowest BCUT2D eigenvalue weighted by atomic mass is 9.96. The van der Waals surface area contributed by atoms with Crippen LogP contribution in [-0.2, 0) is 16.1 Å². The van der Waals surface area contributed by atoms with E-state index < -0.39 is 5.60 Å². The number of rotatable bonds is 8. The van der Waals surface area contributed by atoms with E-state index in [4.69, 9.17) is 21.1 Å². The number of carbonyl (C=O) groups is 2. The fraction of sp³-hybridized carbons (Fsp3) is 0.346. The number of H-pyrrole nitrogens is 1. The molecule has 9 heteroatoms. The van der Waals surface area contributed by atoms with E-state index in [0.29, 0.717) is 36.2 Å². The van der Waals surface area contributed by atoms with Crippen molar-refractivity contribution in [2.24, 2.45) is 0 Å². The number of aryl methyl sites for hydroxylation is 1. The first-order valence-electron chi connectivity index (χ1n) is 11.4. The van der Waals surface area contributed by atoms with Crippen molar-refractivity contribution in [3.05, 3.63) is 82.9 Å². The van der Waals surface area contributed by atoms with Gasteiger partial charge in [-0.25, -0.2) is 4.98 Å². The van der Waals surface area contributed by atoms with Crippen LogP contribution in [0.2, 0.25) is 5.02 Å². The Hall–Kier alpha value is -3.36. The number of hydrogen-bond donors (Lipinski definition) is 1. The molecule has 2 aromatic carbocycles. The minimum absolute atomic E-state index is 0.0651. The van der Waals surface area contributed by atoms with Crippen LogP contribution in [0.4, 0.5) is 0 Å². The van der Waals surface area contributed by atoms with Gasteiger partial charge < -0.3 is 24.3 Å². The lowest BCUT2D eigenvalue weighted by molar-refractivity contribution is -0.152. The molecule has 0 aliphatic carbocycles. The summed E-state index contributed by atoms with van der Waals surface area (Å²) in [5.74, 6) is 0.333. The van der Waals surface area contributed by atoms with Crippen LogP contribution in [0.15, 0.2) is 61.1 Å². The van der Waals surface area contributed by atoms with Crippen molar-refractivity contribution in [3.63, 3.8) is 0 Å². The molecule has 1 N–H and O–H groups in total. The highest BCUT2D eigenvalue weighted by atomic mass is 35.5. The third-order valence-corrected chi connectivity index (χ3v) is 6.48. The van der Waals surface area contributed by atoms with Gasteiger partial charge in [-0.1, -0.05) is 41.9 Å². The predicted octanol–water partition coefficient (Wildman–Crippen LogP) is 3.71. The smallest absolute Gasteiger partial charge is 0.272 e. The second-order valence-electron chi connectivity index (χ2n) is 8.84. The van der Waals surface area contributed by atoms with Gasteiger partial charge in [0.15, 0.2) is 0 Å². The van der Waals surface area contributed by atoms with Gasteiger partial charge in [-0.2, -0.15) is 0 Å². The summed E-state index contributed by atoms with van der Waals surface area (Å²) >= 11 is 6.15. The molecule has 1 aliphatic rings. The summed E-state index contributed by atoms with van der Waals surface area (Å²) in [7, 11) is 1.77. The first-order chi connectivity index (χ1) is 16.8. The Balaban J connectivity index is 1.52. The molecule has 4 rings (SSSR count). The minimum atomic E-state index is -1.01. The first-order valence-corrected chi connectivity index (χ1v) is 11.8. The summed E-state index contributed by atoms with van der Waals surface area (Å²) < 4.78 is 12.3. The molecular formula is C26H29ClN4O4. The van der Waals surface area contributed by atoms with E-state index in [1.54, 1.807) is 29.0 Å². The Kier molecular flexibility index (Phi) is 7.73. The van der Waals surface area contributed by atoms with Crippen LogP contribution in [0, 0.1) is 6.92 Å². The number of nitrogens with zero attached hydrogens (tertiary/aromatic N) is 3. The molecule has 0 radical (unpaired) electrons. The number of aromatic nitrogens is 2. The molecule has 1 atom stereocenters. The van der Waals surface area contributed by atoms with Crippen LogP contribution in [0.1, 0.15) is 28.0 Å². The molecular weight excluding hydrogens is 468 g/mol. The van der Waals surface area contributed by atoms with Crippen LogP contribution in [0.25, 0.3) is 0 Å². The molecule has 1 aliphatic heterocycles. The highest BCUT2D eigenvalue weighted by molar-refractivity contribution is 6.31. The predicted molar refractivity (Wildman–Crippen MR) is 132 cm³/mol. The van der Waals surface area contributed by atoms with Crippen molar-refractivity contribution in [2.45, 2.75) is 25.5 Å². The molecule has 3 aromatic rings. The normalized spacial score (nSPS) is 17.7. The average Bonchev–Trinajstić information content (AvgIpc) is 3.40. The summed E-state index contributed by atoms with van der Waals surface area (Å²) in [6.07, 6.45) is 3.02. The number of imidazole rings is 1. The zero-order chi connectivity index (χ0) is 24.8. The van der Waals surface area contributed by atoms with E-state index in [2.05, 4.69) is 9.97 Å². The van der Waals surface area contributed by atoms with E-state index in [9.17, 15) is 9.59 Å². The number of aromatic amines is 1. The molecule has 8 nitrogen and oxygen atoms in total. The van der Waals surface area contributed by atoms with Crippen molar-refractivity contribution in [2.75, 3.05) is 33.4 Å². The molecule has 0 spiro atoms. The highest BCUT2D eigenvalue weighted by Crippen LogP contribution is 2.28. The molecule has 184 valence electrons. The molecule has 0 bridgehead atoms. The minimum Gasteiger partial charge on any atom is -0.490 e. The van der Waals surface area contributed by atoms with E-state index >= 15 is 0 Å². The van der Waals surface area contributed by atoms with Crippen LogP contribution in [0.5, 0.6) is 5.75 Å². The van der Waals surface area contributed by atoms with E-state index in [1.807, 2.05) is 43.3 Å². The van der Waals surface area contributed by atoms with Gasteiger partial charge in [0, 0.05) is 25.2 Å². The van der Waals surface area contributed by atoms with Gasteiger partial charge in [-0.05, 0) is 36.2 Å². The van der Waals surface area contributed by atoms with E-state index in [1.165, 1.54) is 12.5 Å². The fourth-order valence-electron chi connectivity index (χ4n) is 4.08. The molecule has 0 saturated carbocycles. The average molecular weight is 497 g/mol. The number of hydrogen-bond acceptors (Lipinski definition) is 5. The van der Waals surface area contributed by atoms with Crippen LogP contribution >= 0.6 is 11.6 Å². The van der Waals surface area contributed by atoms with E-state index in [-0.39, 0.29) is 31.4 Å². The number of benzene rings is 2. The van der Waals surface area contributed by atoms with Gasteiger partial charge in [0.05, 0.1) is 32.1 Å². The first kappa shape index (κ1) is 24.8. The van der Waals surface area contributed by atoms with Crippen molar-refractivity contribution >= 4 is 23.4 Å². The quantitative estimate of drug-likeness (QED) is 0.513. The number of morpholine rings is 1. The van der Waals surface area contributed by atoms with Crippen LogP contribution in [0.3, 0.4) is 0 Å². The molecule has 2 heterocycles. The monoisotopic (exact) mass is 496 g/mol. The molecule has 1 fully saturated rings. The van der Waals surface area contributed by atoms with Crippen molar-refractivity contribution < 1.29 is 19.1 Å². The Morgan fingerprint density at radius 3 is 2.77 bits per heavy atom. The highest BCUT2D eigenvalue weighted by Gasteiger charge is 2.42. The number of ether oxygens (including phenoxy) is 2. The summed E-state index contributed by atoms with van der Waals surface area (Å²) in [6, 6.07) is 15.2. The summed E-state index contributed by atoms with van der Waals surface area (Å²) in [6.45, 7) is 3.39. The van der Waals surface area contributed by atoms with Gasteiger partial charge in [0.25, 0.3) is 5.91 Å². The number of carbonyl (C=O) groups excluding carboxylic acids is 2. The lowest BCUT2D eigenvalue weighted by Crippen LogP contribution is -2.58. The number of amides is 2. The van der Waals surface area contributed by atoms with Gasteiger partial charge in [0.1, 0.15) is 23.7 Å². The van der Waals surface area contributed by atoms with Gasteiger partial charge in [0.2, 0.25) is 5.91 Å². The summed E-state index contributed by atoms with van der Waals surface area (Å²) in [4.78, 5) is 36.5. The topological polar surface area (TPSA) is 87.8 Å². The van der Waals surface area contributed by atoms with Crippen molar-refractivity contribution in [3.8, 4) is 5.75 Å². The number of halogens is 1. The lowest BCUT2D eigenvalue weighted by Gasteiger charge is -2.42. The van der Waals surface area contributed by atoms with Crippen LogP contribution < -0.4 is 4.74 Å². The Bertz CT molecular complexity index is 1160. The van der Waals surface area contributed by atoms with Crippen molar-refractivity contribution in [1.82, 2.24) is 19.8 Å². The third kappa shape index (κ3) is 6.21. The zero-order valence-electron chi connectivity index (χ0n) is 19.9. The largest absolute Gasteiger partial charge is 0.490 e. The summed E-state index contributed by atoms with van der Waals surface area (Å²) in [5.41, 5.74) is 1.30. The summed E-state index contributed by atoms with van der Waals surface area (Å²) in [5, 5.41) is 0.648. The fourth-order valence-corrected chi connectivity index (χ4v) is 4.20. The zero-order valence-corrected chi connectivity index (χ0v) is 20.6. The molecule has 35 heavy (non-hydrogen) atoms. The second-order valence-corrected chi connectivity index (χ2v) is 9.24. The maximum Gasteiger partial charge on any atom is 0.272 e. The Morgan fingerprint density at radius 2 is 2.06 bits per heavy atom. The Morgan fingerprint density at radius 1 is 1.26 bits per heavy atom. The molecule has 1 aromatic heterocycles. The molecule has 1 unspecified atom stereocenters. The van der Waals surface area contributed by atoms with Crippen molar-refractivity contribution in [1.29, 1.82) is 0 Å². The van der Waals surface area contributed by atoms with E-state index in [0.717, 1.165) is 11.1 Å². The maximum atomic E-state index is 13.3. The molecule has 1 saturated heterocycles. The van der Waals surface area contributed by atoms with Gasteiger partial charge in [-0.15, -0.1) is 0 Å². The number of nitrogens with one attached hydrogen (secondary N) is 1. The van der Waals surface area contributed by atoms with Crippen LogP contribution in [-0.4, -0.2) is 70.5 Å².